The SMILES string of the molecule is COc1ccc2[nH]cc(C3CCN(C(=O)C4CC(=O)N(c5ccccc5OC)C4)CC3)c2c1. The first kappa shape index (κ1) is 21.4. The third-order valence-electron chi connectivity index (χ3n) is 7.02. The van der Waals surface area contributed by atoms with Gasteiger partial charge in [0.1, 0.15) is 11.5 Å². The number of carbonyl (C=O) groups excluding carboxylic acids is 2. The van der Waals surface area contributed by atoms with Crippen molar-refractivity contribution >= 4 is 28.4 Å². The normalized spacial score (nSPS) is 19.3. The highest BCUT2D eigenvalue weighted by molar-refractivity contribution is 6.01. The van der Waals surface area contributed by atoms with Gasteiger partial charge in [-0.3, -0.25) is 9.59 Å². The van der Waals surface area contributed by atoms with Gasteiger partial charge in [-0.25, -0.2) is 0 Å². The number of nitrogens with one attached hydrogen (secondary N) is 1. The van der Waals surface area contributed by atoms with E-state index in [0.29, 0.717) is 31.3 Å². The maximum absolute atomic E-state index is 13.3. The predicted octanol–water partition coefficient (Wildman–Crippen LogP) is 3.94. The van der Waals surface area contributed by atoms with Crippen LogP contribution in [-0.2, 0) is 9.59 Å². The largest absolute Gasteiger partial charge is 0.497 e. The van der Waals surface area contributed by atoms with Crippen LogP contribution in [0.4, 0.5) is 5.69 Å². The highest BCUT2D eigenvalue weighted by Crippen LogP contribution is 2.37. The lowest BCUT2D eigenvalue weighted by Gasteiger charge is -2.33. The summed E-state index contributed by atoms with van der Waals surface area (Å²) in [6.45, 7) is 1.82. The molecular weight excluding hydrogens is 418 g/mol. The summed E-state index contributed by atoms with van der Waals surface area (Å²) < 4.78 is 10.8. The van der Waals surface area contributed by atoms with E-state index in [9.17, 15) is 9.59 Å². The van der Waals surface area contributed by atoms with Crippen LogP contribution < -0.4 is 14.4 Å². The molecule has 3 heterocycles. The van der Waals surface area contributed by atoms with E-state index in [0.717, 1.165) is 29.8 Å². The fraction of sp³-hybridized carbons (Fsp3) is 0.385. The minimum atomic E-state index is -0.309. The number of carbonyl (C=O) groups is 2. The lowest BCUT2D eigenvalue weighted by atomic mass is 9.88. The zero-order chi connectivity index (χ0) is 22.9. The fourth-order valence-corrected chi connectivity index (χ4v) is 5.21. The number of rotatable bonds is 5. The van der Waals surface area contributed by atoms with Crippen molar-refractivity contribution < 1.29 is 19.1 Å². The number of hydrogen-bond donors (Lipinski definition) is 1. The van der Waals surface area contributed by atoms with Crippen molar-refractivity contribution in [2.24, 2.45) is 5.92 Å². The molecule has 33 heavy (non-hydrogen) atoms. The average molecular weight is 448 g/mol. The van der Waals surface area contributed by atoms with E-state index in [4.69, 9.17) is 9.47 Å². The van der Waals surface area contributed by atoms with Crippen molar-refractivity contribution in [1.82, 2.24) is 9.88 Å². The second kappa shape index (κ2) is 8.81. The molecule has 1 aromatic heterocycles. The van der Waals surface area contributed by atoms with Gasteiger partial charge in [-0.15, -0.1) is 0 Å². The molecule has 2 aromatic carbocycles. The third kappa shape index (κ3) is 3.92. The number of piperidine rings is 1. The van der Waals surface area contributed by atoms with Crippen LogP contribution in [0.3, 0.4) is 0 Å². The van der Waals surface area contributed by atoms with Crippen LogP contribution >= 0.6 is 0 Å². The fourth-order valence-electron chi connectivity index (χ4n) is 5.21. The molecule has 2 amide bonds. The van der Waals surface area contributed by atoms with Gasteiger partial charge in [-0.05, 0) is 54.7 Å². The average Bonchev–Trinajstić information content (AvgIpc) is 3.46. The molecule has 2 aliphatic rings. The molecule has 7 heteroatoms. The highest BCUT2D eigenvalue weighted by Gasteiger charge is 2.39. The van der Waals surface area contributed by atoms with Gasteiger partial charge in [-0.1, -0.05) is 12.1 Å². The van der Waals surface area contributed by atoms with E-state index < -0.39 is 0 Å². The monoisotopic (exact) mass is 447 g/mol. The quantitative estimate of drug-likeness (QED) is 0.643. The van der Waals surface area contributed by atoms with Gasteiger partial charge >= 0.3 is 0 Å². The van der Waals surface area contributed by atoms with Gasteiger partial charge in [0.2, 0.25) is 11.8 Å². The highest BCUT2D eigenvalue weighted by atomic mass is 16.5. The van der Waals surface area contributed by atoms with E-state index in [1.54, 1.807) is 19.1 Å². The van der Waals surface area contributed by atoms with Gasteiger partial charge in [0.05, 0.1) is 25.8 Å². The maximum Gasteiger partial charge on any atom is 0.228 e. The number of benzene rings is 2. The molecule has 1 N–H and O–H groups in total. The number of methoxy groups -OCH3 is 2. The molecule has 0 saturated carbocycles. The predicted molar refractivity (Wildman–Crippen MR) is 127 cm³/mol. The molecule has 0 spiro atoms. The molecule has 5 rings (SSSR count). The minimum Gasteiger partial charge on any atom is -0.497 e. The molecule has 1 atom stereocenters. The van der Waals surface area contributed by atoms with Crippen molar-refractivity contribution in [2.75, 3.05) is 38.8 Å². The first-order chi connectivity index (χ1) is 16.1. The van der Waals surface area contributed by atoms with E-state index in [1.165, 1.54) is 10.9 Å². The van der Waals surface area contributed by atoms with Crippen molar-refractivity contribution in [2.45, 2.75) is 25.2 Å². The van der Waals surface area contributed by atoms with Crippen LogP contribution in [0.1, 0.15) is 30.7 Å². The lowest BCUT2D eigenvalue weighted by Crippen LogP contribution is -2.42. The second-order valence-electron chi connectivity index (χ2n) is 8.83. The molecule has 2 aliphatic heterocycles. The molecule has 172 valence electrons. The molecule has 7 nitrogen and oxygen atoms in total. The first-order valence-corrected chi connectivity index (χ1v) is 11.5. The summed E-state index contributed by atoms with van der Waals surface area (Å²) in [5, 5.41) is 1.19. The number of fused-ring (bicyclic) bond motifs is 1. The Hall–Kier alpha value is -3.48. The van der Waals surface area contributed by atoms with Crippen molar-refractivity contribution in [1.29, 1.82) is 0 Å². The zero-order valence-electron chi connectivity index (χ0n) is 19.0. The Morgan fingerprint density at radius 3 is 2.61 bits per heavy atom. The van der Waals surface area contributed by atoms with Gasteiger partial charge in [0.15, 0.2) is 0 Å². The molecule has 0 radical (unpaired) electrons. The maximum atomic E-state index is 13.3. The number of anilines is 1. The number of likely N-dealkylation sites (tertiary alicyclic amines) is 1. The summed E-state index contributed by atoms with van der Waals surface area (Å²) in [5.74, 6) is 1.64. The Labute approximate surface area is 193 Å². The molecule has 2 saturated heterocycles. The van der Waals surface area contributed by atoms with Crippen LogP contribution in [-0.4, -0.2) is 55.6 Å². The first-order valence-electron chi connectivity index (χ1n) is 11.5. The Morgan fingerprint density at radius 2 is 1.85 bits per heavy atom. The summed E-state index contributed by atoms with van der Waals surface area (Å²) in [6, 6.07) is 13.5. The van der Waals surface area contributed by atoms with Crippen molar-refractivity contribution in [3.8, 4) is 11.5 Å². The molecule has 0 bridgehead atoms. The lowest BCUT2D eigenvalue weighted by molar-refractivity contribution is -0.136. The Kier molecular flexibility index (Phi) is 5.70. The van der Waals surface area contributed by atoms with E-state index in [1.807, 2.05) is 41.3 Å². The van der Waals surface area contributed by atoms with Crippen LogP contribution in [0.15, 0.2) is 48.7 Å². The Morgan fingerprint density at radius 1 is 1.06 bits per heavy atom. The number of H-pyrrole nitrogens is 1. The van der Waals surface area contributed by atoms with E-state index >= 15 is 0 Å². The Balaban J connectivity index is 1.25. The molecule has 0 aliphatic carbocycles. The van der Waals surface area contributed by atoms with Crippen molar-refractivity contribution in [3.63, 3.8) is 0 Å². The smallest absolute Gasteiger partial charge is 0.228 e. The van der Waals surface area contributed by atoms with Gasteiger partial charge in [-0.2, -0.15) is 0 Å². The van der Waals surface area contributed by atoms with E-state index in [2.05, 4.69) is 17.2 Å². The topological polar surface area (TPSA) is 74.9 Å². The van der Waals surface area contributed by atoms with Crippen LogP contribution in [0.5, 0.6) is 11.5 Å². The number of amides is 2. The summed E-state index contributed by atoms with van der Waals surface area (Å²) >= 11 is 0. The van der Waals surface area contributed by atoms with Crippen LogP contribution in [0.2, 0.25) is 0 Å². The number of aromatic nitrogens is 1. The number of hydrogen-bond acceptors (Lipinski definition) is 4. The number of para-hydroxylation sites is 2. The third-order valence-corrected chi connectivity index (χ3v) is 7.02. The summed E-state index contributed by atoms with van der Waals surface area (Å²) in [5.41, 5.74) is 3.12. The van der Waals surface area contributed by atoms with Crippen LogP contribution in [0, 0.1) is 5.92 Å². The molecule has 2 fully saturated rings. The number of nitrogens with zero attached hydrogens (tertiary/aromatic N) is 2. The standard InChI is InChI=1S/C26H29N3O4/c1-32-19-7-8-22-20(14-19)21(15-27-22)17-9-11-28(12-10-17)26(31)18-13-25(30)29(16-18)23-5-3-4-6-24(23)33-2/h3-8,14-15,17-18,27H,9-13,16H2,1-2H3. The van der Waals surface area contributed by atoms with Gasteiger partial charge in [0.25, 0.3) is 0 Å². The summed E-state index contributed by atoms with van der Waals surface area (Å²) in [7, 11) is 3.27. The van der Waals surface area contributed by atoms with Gasteiger partial charge < -0.3 is 24.3 Å². The van der Waals surface area contributed by atoms with Crippen molar-refractivity contribution in [3.05, 3.63) is 54.2 Å². The number of aromatic amines is 1. The van der Waals surface area contributed by atoms with E-state index in [-0.39, 0.29) is 24.2 Å². The Bertz CT molecular complexity index is 1180. The number of ether oxygens (including phenoxy) is 2. The molecule has 1 unspecified atom stereocenters. The summed E-state index contributed by atoms with van der Waals surface area (Å²) in [6.07, 6.45) is 4.16. The molecular formula is C26H29N3O4. The summed E-state index contributed by atoms with van der Waals surface area (Å²) in [4.78, 5) is 33.0. The minimum absolute atomic E-state index is 0.0273. The zero-order valence-corrected chi connectivity index (χ0v) is 19.0. The second-order valence-corrected chi connectivity index (χ2v) is 8.83. The molecule has 3 aromatic rings. The van der Waals surface area contributed by atoms with Gasteiger partial charge in [0, 0.05) is 43.2 Å². The van der Waals surface area contributed by atoms with Crippen LogP contribution in [0.25, 0.3) is 10.9 Å².